The summed E-state index contributed by atoms with van der Waals surface area (Å²) in [6.07, 6.45) is -1.52. The van der Waals surface area contributed by atoms with E-state index in [1.165, 1.54) is 13.3 Å². The van der Waals surface area contributed by atoms with Crippen LogP contribution in [0, 0.1) is 0 Å². The van der Waals surface area contributed by atoms with E-state index < -0.39 is 22.9 Å². The maximum Gasteiger partial charge on any atom is 0.417 e. The van der Waals surface area contributed by atoms with Crippen molar-refractivity contribution in [3.05, 3.63) is 30.1 Å². The number of hydrogen-bond donors (Lipinski definition) is 1. The molecule has 0 bridgehead atoms. The molecule has 0 aliphatic rings. The average Bonchev–Trinajstić information content (AvgIpc) is 3.23. The number of nitrogen functional groups attached to an aromatic ring is 1. The van der Waals surface area contributed by atoms with E-state index in [9.17, 15) is 17.7 Å². The number of nitrogens with two attached hydrogens (primary N) is 1. The molecule has 158 valence electrons. The first-order chi connectivity index (χ1) is 14.2. The molecule has 4 aromatic rings. The van der Waals surface area contributed by atoms with Crippen molar-refractivity contribution in [2.24, 2.45) is 7.05 Å². The zero-order valence-electron chi connectivity index (χ0n) is 15.9. The highest BCUT2D eigenvalue weighted by molar-refractivity contribution is 7.93. The maximum atomic E-state index is 13.9. The van der Waals surface area contributed by atoms with E-state index >= 15 is 0 Å². The van der Waals surface area contributed by atoms with Crippen molar-refractivity contribution in [1.82, 2.24) is 19.7 Å². The highest BCUT2D eigenvalue weighted by Crippen LogP contribution is 2.45. The first-order valence-electron chi connectivity index (χ1n) is 8.66. The van der Waals surface area contributed by atoms with Crippen LogP contribution in [-0.2, 0) is 29.1 Å². The van der Waals surface area contributed by atoms with Gasteiger partial charge >= 0.3 is 6.18 Å². The smallest absolute Gasteiger partial charge is 0.417 e. The summed E-state index contributed by atoms with van der Waals surface area (Å²) >= 11 is -0.691. The number of rotatable bonds is 5. The number of methoxy groups -OCH3 is 1. The van der Waals surface area contributed by atoms with Gasteiger partial charge in [-0.05, 0) is 12.1 Å². The van der Waals surface area contributed by atoms with Crippen LogP contribution in [0.3, 0.4) is 0 Å². The molecule has 0 radical (unpaired) electrons. The molecule has 30 heavy (non-hydrogen) atoms. The van der Waals surface area contributed by atoms with E-state index in [1.54, 1.807) is 24.0 Å². The third-order valence-electron chi connectivity index (χ3n) is 4.42. The SMILES string of the molecule is COCC[S+]([O-])c1sc2nc(-c3cnc4nn(C)cc4c3)cc(C(F)(F)F)c2c1N. The number of ether oxygens (including phenoxy) is 1. The second-order valence-electron chi connectivity index (χ2n) is 6.52. The monoisotopic (exact) mass is 455 g/mol. The van der Waals surface area contributed by atoms with Crippen molar-refractivity contribution >= 4 is 49.5 Å². The number of fused-ring (bicyclic) bond motifs is 2. The first-order valence-corrected chi connectivity index (χ1v) is 10.8. The molecule has 0 saturated carbocycles. The van der Waals surface area contributed by atoms with Gasteiger partial charge in [0.2, 0.25) is 4.21 Å². The lowest BCUT2D eigenvalue weighted by Gasteiger charge is -2.11. The third-order valence-corrected chi connectivity index (χ3v) is 7.29. The van der Waals surface area contributed by atoms with Gasteiger partial charge in [0, 0.05) is 48.7 Å². The van der Waals surface area contributed by atoms with Crippen LogP contribution < -0.4 is 5.73 Å². The average molecular weight is 455 g/mol. The summed E-state index contributed by atoms with van der Waals surface area (Å²) in [6.45, 7) is 0.196. The Bertz CT molecular complexity index is 1240. The van der Waals surface area contributed by atoms with Gasteiger partial charge in [0.25, 0.3) is 0 Å². The van der Waals surface area contributed by atoms with E-state index in [4.69, 9.17) is 10.5 Å². The van der Waals surface area contributed by atoms with Crippen molar-refractivity contribution in [3.8, 4) is 11.3 Å². The molecule has 0 aromatic carbocycles. The fraction of sp³-hybridized carbons (Fsp3) is 0.278. The molecule has 0 aliphatic carbocycles. The molecule has 4 heterocycles. The van der Waals surface area contributed by atoms with Crippen LogP contribution >= 0.6 is 11.3 Å². The Hall–Kier alpha value is -2.41. The number of thiophene rings is 1. The first kappa shape index (κ1) is 20.8. The number of aromatic nitrogens is 4. The second kappa shape index (κ2) is 7.69. The molecule has 0 saturated heterocycles. The standard InChI is InChI=1S/C18H16F3N5O2S2/c1-26-8-10-5-9(7-23-15(10)25-26)12-6-11(18(19,20)21)13-14(22)17(29-16(13)24-12)30(27)4-3-28-2/h5-8H,3-4,22H2,1-2H3. The number of alkyl halides is 3. The molecule has 4 rings (SSSR count). The minimum atomic E-state index is -4.66. The zero-order chi connectivity index (χ0) is 21.6. The van der Waals surface area contributed by atoms with Gasteiger partial charge in [-0.25, -0.2) is 9.97 Å². The molecule has 12 heteroatoms. The lowest BCUT2D eigenvalue weighted by atomic mass is 10.1. The zero-order valence-corrected chi connectivity index (χ0v) is 17.5. The Morgan fingerprint density at radius 1 is 1.33 bits per heavy atom. The summed E-state index contributed by atoms with van der Waals surface area (Å²) in [5.41, 5.74) is 5.91. The second-order valence-corrected chi connectivity index (χ2v) is 9.28. The van der Waals surface area contributed by atoms with Gasteiger partial charge < -0.3 is 15.0 Å². The minimum absolute atomic E-state index is 0.0735. The number of halogens is 3. The Morgan fingerprint density at radius 3 is 2.80 bits per heavy atom. The van der Waals surface area contributed by atoms with E-state index in [0.717, 1.165) is 17.4 Å². The normalized spacial score (nSPS) is 13.4. The van der Waals surface area contributed by atoms with Crippen LogP contribution in [0.4, 0.5) is 18.9 Å². The van der Waals surface area contributed by atoms with Crippen LogP contribution in [0.1, 0.15) is 5.56 Å². The molecule has 2 N–H and O–H groups in total. The van der Waals surface area contributed by atoms with Gasteiger partial charge in [0.05, 0.1) is 23.3 Å². The number of pyridine rings is 2. The molecule has 0 fully saturated rings. The summed E-state index contributed by atoms with van der Waals surface area (Å²) in [7, 11) is 3.18. The predicted octanol–water partition coefficient (Wildman–Crippen LogP) is 3.60. The fourth-order valence-electron chi connectivity index (χ4n) is 3.07. The summed E-state index contributed by atoms with van der Waals surface area (Å²) in [5, 5.41) is 4.61. The van der Waals surface area contributed by atoms with Crippen LogP contribution in [0.15, 0.2) is 28.7 Å². The molecule has 1 unspecified atom stereocenters. The lowest BCUT2D eigenvalue weighted by molar-refractivity contribution is -0.136. The predicted molar refractivity (Wildman–Crippen MR) is 110 cm³/mol. The third kappa shape index (κ3) is 3.71. The number of nitrogens with zero attached hydrogens (tertiary/aromatic N) is 4. The van der Waals surface area contributed by atoms with Crippen LogP contribution in [0.25, 0.3) is 32.5 Å². The Kier molecular flexibility index (Phi) is 5.34. The summed E-state index contributed by atoms with van der Waals surface area (Å²) < 4.78 is 60.7. The van der Waals surface area contributed by atoms with Gasteiger partial charge in [-0.3, -0.25) is 4.68 Å². The maximum absolute atomic E-state index is 13.9. The van der Waals surface area contributed by atoms with E-state index in [-0.39, 0.29) is 38.2 Å². The summed E-state index contributed by atoms with van der Waals surface area (Å²) in [4.78, 5) is 8.65. The van der Waals surface area contributed by atoms with Crippen molar-refractivity contribution in [2.45, 2.75) is 10.4 Å². The molecular weight excluding hydrogens is 439 g/mol. The summed E-state index contributed by atoms with van der Waals surface area (Å²) in [5.74, 6) is 0.128. The molecule has 1 atom stereocenters. The van der Waals surface area contributed by atoms with Crippen LogP contribution in [0.2, 0.25) is 0 Å². The van der Waals surface area contributed by atoms with Crippen molar-refractivity contribution in [1.29, 1.82) is 0 Å². The van der Waals surface area contributed by atoms with E-state index in [1.807, 2.05) is 0 Å². The Morgan fingerprint density at radius 2 is 2.10 bits per heavy atom. The van der Waals surface area contributed by atoms with E-state index in [2.05, 4.69) is 15.1 Å². The van der Waals surface area contributed by atoms with Crippen molar-refractivity contribution in [3.63, 3.8) is 0 Å². The quantitative estimate of drug-likeness (QED) is 0.462. The summed E-state index contributed by atoms with van der Waals surface area (Å²) in [6, 6.07) is 2.63. The Balaban J connectivity index is 1.90. The van der Waals surface area contributed by atoms with Crippen molar-refractivity contribution in [2.75, 3.05) is 25.2 Å². The van der Waals surface area contributed by atoms with Gasteiger partial charge in [0.1, 0.15) is 16.3 Å². The Labute approximate surface area is 175 Å². The molecule has 7 nitrogen and oxygen atoms in total. The van der Waals surface area contributed by atoms with Crippen LogP contribution in [-0.4, -0.2) is 43.8 Å². The molecular formula is C18H16F3N5O2S2. The molecule has 0 amide bonds. The van der Waals surface area contributed by atoms with Gasteiger partial charge in [-0.2, -0.15) is 18.3 Å². The molecule has 4 aromatic heterocycles. The van der Waals surface area contributed by atoms with Gasteiger partial charge in [0.15, 0.2) is 5.65 Å². The van der Waals surface area contributed by atoms with Crippen LogP contribution in [0.5, 0.6) is 0 Å². The highest BCUT2D eigenvalue weighted by atomic mass is 32.2. The molecule has 0 spiro atoms. The van der Waals surface area contributed by atoms with Gasteiger partial charge in [-0.1, -0.05) is 11.3 Å². The topological polar surface area (TPSA) is 102 Å². The molecule has 0 aliphatic heterocycles. The number of hydrogen-bond acceptors (Lipinski definition) is 7. The largest absolute Gasteiger partial charge is 0.611 e. The van der Waals surface area contributed by atoms with Crippen molar-refractivity contribution < 1.29 is 22.5 Å². The fourth-order valence-corrected chi connectivity index (χ4v) is 5.63. The van der Waals surface area contributed by atoms with E-state index in [0.29, 0.717) is 16.6 Å². The van der Waals surface area contributed by atoms with Gasteiger partial charge in [-0.15, -0.1) is 0 Å². The number of aryl methyl sites for hydroxylation is 1. The number of anilines is 1. The lowest BCUT2D eigenvalue weighted by Crippen LogP contribution is -2.12. The highest BCUT2D eigenvalue weighted by Gasteiger charge is 2.37. The minimum Gasteiger partial charge on any atom is -0.611 e.